The van der Waals surface area contributed by atoms with Gasteiger partial charge in [0.2, 0.25) is 11.9 Å². The highest BCUT2D eigenvalue weighted by atomic mass is 16.5. The summed E-state index contributed by atoms with van der Waals surface area (Å²) in [5, 5.41) is 18.2. The van der Waals surface area contributed by atoms with Crippen molar-refractivity contribution >= 4 is 35.6 Å². The lowest BCUT2D eigenvalue weighted by atomic mass is 10.2. The minimum Gasteiger partial charge on any atom is -0.478 e. The van der Waals surface area contributed by atoms with Crippen LogP contribution in [0.2, 0.25) is 0 Å². The Morgan fingerprint density at radius 3 is 1.64 bits per heavy atom. The molecule has 14 nitrogen and oxygen atoms in total. The number of rotatable bonds is 6. The largest absolute Gasteiger partial charge is 0.478 e. The van der Waals surface area contributed by atoms with Gasteiger partial charge in [0.05, 0.1) is 26.4 Å². The smallest absolute Gasteiger partial charge is 0.328 e. The second-order valence-corrected chi connectivity index (χ2v) is 7.53. The van der Waals surface area contributed by atoms with E-state index < -0.39 is 18.0 Å². The number of aromatic nitrogens is 3. The molecule has 0 radical (unpaired) electrons. The number of morpholine rings is 2. The minimum atomic E-state index is -1.26. The number of aliphatic carboxylic acids is 2. The molecular weight excluding hydrogens is 474 g/mol. The molecule has 0 bridgehead atoms. The molecule has 0 saturated carbocycles. The summed E-state index contributed by atoms with van der Waals surface area (Å²) < 4.78 is 10.9. The first-order valence-electron chi connectivity index (χ1n) is 11.0. The zero-order valence-electron chi connectivity index (χ0n) is 19.4. The number of nitrogens with two attached hydrogens (primary N) is 1. The molecule has 2 aliphatic rings. The Kier molecular flexibility index (Phi) is 9.48. The minimum absolute atomic E-state index is 0.558. The zero-order chi connectivity index (χ0) is 25.9. The van der Waals surface area contributed by atoms with E-state index in [4.69, 9.17) is 40.4 Å². The van der Waals surface area contributed by atoms with Crippen molar-refractivity contribution in [2.75, 3.05) is 67.7 Å². The average Bonchev–Trinajstić information content (AvgIpc) is 2.89. The number of benzene rings is 1. The summed E-state index contributed by atoms with van der Waals surface area (Å²) in [6.45, 7) is 5.59. The summed E-state index contributed by atoms with van der Waals surface area (Å²) >= 11 is 0. The first-order chi connectivity index (χ1) is 17.3. The van der Waals surface area contributed by atoms with Crippen molar-refractivity contribution in [1.82, 2.24) is 15.0 Å². The summed E-state index contributed by atoms with van der Waals surface area (Å²) in [4.78, 5) is 48.4. The van der Waals surface area contributed by atoms with Crippen LogP contribution < -0.4 is 20.9 Å². The summed E-state index contributed by atoms with van der Waals surface area (Å²) in [6.07, 6.45) is 1.12. The van der Waals surface area contributed by atoms with Crippen LogP contribution in [0.1, 0.15) is 0 Å². The highest BCUT2D eigenvalue weighted by Gasteiger charge is 2.21. The first kappa shape index (κ1) is 26.3. The Morgan fingerprint density at radius 2 is 1.25 bits per heavy atom. The van der Waals surface area contributed by atoms with Crippen LogP contribution in [0.4, 0.5) is 22.4 Å². The van der Waals surface area contributed by atoms with Gasteiger partial charge in [-0.3, -0.25) is 0 Å². The van der Waals surface area contributed by atoms with Gasteiger partial charge in [0.1, 0.15) is 0 Å². The van der Waals surface area contributed by atoms with Crippen LogP contribution in [0.3, 0.4) is 0 Å². The number of carbonyl (C=O) groups excluding carboxylic acids is 1. The lowest BCUT2D eigenvalue weighted by molar-refractivity contribution is -0.134. The highest BCUT2D eigenvalue weighted by Crippen LogP contribution is 2.24. The fraction of sp³-hybridized carbons (Fsp3) is 0.364. The Labute approximate surface area is 206 Å². The molecule has 192 valence electrons. The molecule has 36 heavy (non-hydrogen) atoms. The molecule has 5 N–H and O–H groups in total. The van der Waals surface area contributed by atoms with Crippen LogP contribution in [0.25, 0.3) is 11.4 Å². The SMILES string of the molecule is NC(=O)Nc1ccc(-c2nc(N3CCOCC3)nc(N3CCOCC3)n2)cc1.O=C(O)/C=C\C(=O)O. The van der Waals surface area contributed by atoms with E-state index >= 15 is 0 Å². The third-order valence-electron chi connectivity index (χ3n) is 4.98. The zero-order valence-corrected chi connectivity index (χ0v) is 19.4. The highest BCUT2D eigenvalue weighted by molar-refractivity contribution is 5.89. The molecule has 3 heterocycles. The number of primary amides is 1. The number of hydrogen-bond donors (Lipinski definition) is 4. The molecule has 0 unspecified atom stereocenters. The van der Waals surface area contributed by atoms with E-state index in [1.165, 1.54) is 0 Å². The third kappa shape index (κ3) is 8.18. The van der Waals surface area contributed by atoms with Gasteiger partial charge in [-0.1, -0.05) is 0 Å². The lowest BCUT2D eigenvalue weighted by Crippen LogP contribution is -2.40. The number of amides is 2. The predicted molar refractivity (Wildman–Crippen MR) is 129 cm³/mol. The molecule has 2 saturated heterocycles. The average molecular weight is 502 g/mol. The number of urea groups is 1. The van der Waals surface area contributed by atoms with Crippen LogP contribution in [0.5, 0.6) is 0 Å². The van der Waals surface area contributed by atoms with Crippen molar-refractivity contribution in [3.05, 3.63) is 36.4 Å². The topological polar surface area (TPSA) is 193 Å². The maximum atomic E-state index is 11.0. The molecule has 14 heteroatoms. The van der Waals surface area contributed by atoms with Gasteiger partial charge in [0.25, 0.3) is 0 Å². The van der Waals surface area contributed by atoms with E-state index in [-0.39, 0.29) is 0 Å². The van der Waals surface area contributed by atoms with Gasteiger partial charge >= 0.3 is 18.0 Å². The molecule has 2 aromatic rings. The lowest BCUT2D eigenvalue weighted by Gasteiger charge is -2.30. The molecule has 1 aromatic carbocycles. The van der Waals surface area contributed by atoms with Gasteiger partial charge in [-0.2, -0.15) is 15.0 Å². The van der Waals surface area contributed by atoms with Crippen molar-refractivity contribution in [2.45, 2.75) is 0 Å². The summed E-state index contributed by atoms with van der Waals surface area (Å²) in [5.41, 5.74) is 6.62. The van der Waals surface area contributed by atoms with Crippen LogP contribution in [0, 0.1) is 0 Å². The standard InChI is InChI=1S/C18H23N7O3.C4H4O4/c19-16(26)20-14-3-1-13(2-4-14)15-21-17(24-5-9-27-10-6-24)23-18(22-15)25-7-11-28-12-8-25;5-3(6)1-2-4(7)8/h1-4H,5-12H2,(H3,19,20,26);1-2H,(H,5,6)(H,7,8)/b;2-1-. The second-order valence-electron chi connectivity index (χ2n) is 7.53. The molecule has 0 spiro atoms. The molecular formula is C22H27N7O7. The third-order valence-corrected chi connectivity index (χ3v) is 4.98. The predicted octanol–water partition coefficient (Wildman–Crippen LogP) is 0.414. The second kappa shape index (κ2) is 13.0. The van der Waals surface area contributed by atoms with Crippen LogP contribution in [-0.4, -0.2) is 95.7 Å². The van der Waals surface area contributed by atoms with E-state index in [1.807, 2.05) is 12.1 Å². The van der Waals surface area contributed by atoms with Gasteiger partial charge in [-0.05, 0) is 24.3 Å². The molecule has 0 aliphatic carbocycles. The molecule has 2 fully saturated rings. The van der Waals surface area contributed by atoms with Crippen molar-refractivity contribution in [3.63, 3.8) is 0 Å². The molecule has 2 aliphatic heterocycles. The van der Waals surface area contributed by atoms with E-state index in [0.29, 0.717) is 62.0 Å². The Bertz CT molecular complexity index is 1030. The molecule has 1 aromatic heterocycles. The number of carboxylic acids is 2. The number of hydrogen-bond acceptors (Lipinski definition) is 10. The fourth-order valence-electron chi connectivity index (χ4n) is 3.28. The molecule has 0 atom stereocenters. The Morgan fingerprint density at radius 1 is 0.806 bits per heavy atom. The first-order valence-corrected chi connectivity index (χ1v) is 11.0. The summed E-state index contributed by atoms with van der Waals surface area (Å²) in [7, 11) is 0. The van der Waals surface area contributed by atoms with Gasteiger partial charge in [0.15, 0.2) is 5.82 Å². The van der Waals surface area contributed by atoms with Crippen molar-refractivity contribution in [1.29, 1.82) is 0 Å². The van der Waals surface area contributed by atoms with Gasteiger partial charge in [-0.15, -0.1) is 0 Å². The van der Waals surface area contributed by atoms with Gasteiger partial charge in [-0.25, -0.2) is 14.4 Å². The Hall–Kier alpha value is -4.30. The van der Waals surface area contributed by atoms with Gasteiger partial charge in [0, 0.05) is 49.6 Å². The molecule has 4 rings (SSSR count). The van der Waals surface area contributed by atoms with Gasteiger partial charge < -0.3 is 40.5 Å². The van der Waals surface area contributed by atoms with E-state index in [9.17, 15) is 14.4 Å². The quantitative estimate of drug-likeness (QED) is 0.399. The number of carboxylic acid groups (broad SMARTS) is 2. The van der Waals surface area contributed by atoms with Crippen LogP contribution in [-0.2, 0) is 19.1 Å². The van der Waals surface area contributed by atoms with Crippen LogP contribution >= 0.6 is 0 Å². The molecule has 2 amide bonds. The Balaban J connectivity index is 0.000000392. The number of anilines is 3. The number of nitrogens with zero attached hydrogens (tertiary/aromatic N) is 5. The maximum Gasteiger partial charge on any atom is 0.328 e. The summed E-state index contributed by atoms with van der Waals surface area (Å²) in [5.74, 6) is -0.633. The van der Waals surface area contributed by atoms with Crippen molar-refractivity contribution in [2.24, 2.45) is 5.73 Å². The fourth-order valence-corrected chi connectivity index (χ4v) is 3.28. The maximum absolute atomic E-state index is 11.0. The van der Waals surface area contributed by atoms with E-state index in [0.717, 1.165) is 31.7 Å². The number of carbonyl (C=O) groups is 3. The van der Waals surface area contributed by atoms with Crippen molar-refractivity contribution in [3.8, 4) is 11.4 Å². The summed E-state index contributed by atoms with van der Waals surface area (Å²) in [6, 6.07) is 6.65. The normalized spacial score (nSPS) is 15.7. The number of ether oxygens (including phenoxy) is 2. The van der Waals surface area contributed by atoms with E-state index in [1.54, 1.807) is 12.1 Å². The van der Waals surface area contributed by atoms with Crippen LogP contribution in [0.15, 0.2) is 36.4 Å². The number of nitrogens with one attached hydrogen (secondary N) is 1. The van der Waals surface area contributed by atoms with E-state index in [2.05, 4.69) is 15.1 Å². The monoisotopic (exact) mass is 501 g/mol. The van der Waals surface area contributed by atoms with Crippen molar-refractivity contribution < 1.29 is 34.1 Å².